The van der Waals surface area contributed by atoms with Crippen molar-refractivity contribution >= 4 is 11.6 Å². The average molecular weight is 298 g/mol. The first-order valence-corrected chi connectivity index (χ1v) is 6.05. The molecule has 0 bridgehead atoms. The van der Waals surface area contributed by atoms with Crippen molar-refractivity contribution in [2.24, 2.45) is 0 Å². The van der Waals surface area contributed by atoms with Gasteiger partial charge in [-0.05, 0) is 17.7 Å². The van der Waals surface area contributed by atoms with E-state index in [0.29, 0.717) is 5.69 Å². The summed E-state index contributed by atoms with van der Waals surface area (Å²) >= 11 is 0. The highest BCUT2D eigenvalue weighted by Crippen LogP contribution is 2.19. The Morgan fingerprint density at radius 2 is 1.90 bits per heavy atom. The highest BCUT2D eigenvalue weighted by molar-refractivity contribution is 5.76. The molecule has 1 aromatic carbocycles. The van der Waals surface area contributed by atoms with Gasteiger partial charge in [-0.1, -0.05) is 12.1 Å². The molecule has 0 aliphatic rings. The monoisotopic (exact) mass is 298 g/mol. The third-order valence-corrected chi connectivity index (χ3v) is 2.67. The molecule has 0 saturated heterocycles. The number of carbonyl (C=O) groups is 1. The lowest BCUT2D eigenvalue weighted by atomic mass is 10.1. The standard InChI is InChI=1S/C13H13F3N4O/c14-13(15,16)8-18-12(21)7-20-6-10(5-19-20)9-1-3-11(17)4-2-9/h1-6H,7-8,17H2,(H,18,21). The molecular formula is C13H13F3N4O. The minimum absolute atomic E-state index is 0.273. The maximum absolute atomic E-state index is 12.0. The molecule has 0 fully saturated rings. The van der Waals surface area contributed by atoms with Crippen LogP contribution < -0.4 is 11.1 Å². The van der Waals surface area contributed by atoms with E-state index in [1.807, 2.05) is 0 Å². The number of amides is 1. The molecule has 5 nitrogen and oxygen atoms in total. The molecule has 21 heavy (non-hydrogen) atoms. The number of alkyl halides is 3. The molecule has 0 atom stereocenters. The maximum Gasteiger partial charge on any atom is 0.405 e. The summed E-state index contributed by atoms with van der Waals surface area (Å²) in [5.41, 5.74) is 7.80. The molecule has 112 valence electrons. The second-order valence-corrected chi connectivity index (χ2v) is 4.44. The van der Waals surface area contributed by atoms with E-state index in [2.05, 4.69) is 5.10 Å². The van der Waals surface area contributed by atoms with Gasteiger partial charge in [-0.3, -0.25) is 9.48 Å². The number of hydrogen-bond acceptors (Lipinski definition) is 3. The van der Waals surface area contributed by atoms with Gasteiger partial charge in [-0.2, -0.15) is 18.3 Å². The third-order valence-electron chi connectivity index (χ3n) is 2.67. The zero-order valence-electron chi connectivity index (χ0n) is 10.9. The first-order valence-electron chi connectivity index (χ1n) is 6.05. The summed E-state index contributed by atoms with van der Waals surface area (Å²) in [6.45, 7) is -1.62. The van der Waals surface area contributed by atoms with E-state index in [9.17, 15) is 18.0 Å². The number of nitrogen functional groups attached to an aromatic ring is 1. The Bertz CT molecular complexity index is 619. The number of nitrogens with two attached hydrogens (primary N) is 1. The number of rotatable bonds is 4. The zero-order valence-corrected chi connectivity index (χ0v) is 10.9. The van der Waals surface area contributed by atoms with E-state index in [0.717, 1.165) is 11.1 Å². The second kappa shape index (κ2) is 5.86. The largest absolute Gasteiger partial charge is 0.405 e. The normalized spacial score (nSPS) is 11.4. The quantitative estimate of drug-likeness (QED) is 0.846. The van der Waals surface area contributed by atoms with Crippen LogP contribution in [0.5, 0.6) is 0 Å². The highest BCUT2D eigenvalue weighted by atomic mass is 19.4. The van der Waals surface area contributed by atoms with Gasteiger partial charge in [0.1, 0.15) is 13.1 Å². The fraction of sp³-hybridized carbons (Fsp3) is 0.231. The Morgan fingerprint density at radius 1 is 1.24 bits per heavy atom. The van der Waals surface area contributed by atoms with Crippen molar-refractivity contribution in [2.75, 3.05) is 12.3 Å². The van der Waals surface area contributed by atoms with Crippen LogP contribution in [0.25, 0.3) is 11.1 Å². The Kier molecular flexibility index (Phi) is 4.15. The molecule has 2 rings (SSSR count). The number of nitrogens with one attached hydrogen (secondary N) is 1. The summed E-state index contributed by atoms with van der Waals surface area (Å²) in [6, 6.07) is 7.03. The number of anilines is 1. The molecule has 1 heterocycles. The second-order valence-electron chi connectivity index (χ2n) is 4.44. The van der Waals surface area contributed by atoms with Crippen LogP contribution in [0.4, 0.5) is 18.9 Å². The van der Waals surface area contributed by atoms with Gasteiger partial charge in [0.2, 0.25) is 5.91 Å². The highest BCUT2D eigenvalue weighted by Gasteiger charge is 2.27. The predicted octanol–water partition coefficient (Wildman–Crippen LogP) is 1.81. The van der Waals surface area contributed by atoms with Crippen LogP contribution >= 0.6 is 0 Å². The molecule has 0 aliphatic heterocycles. The van der Waals surface area contributed by atoms with Crippen LogP contribution in [0.2, 0.25) is 0 Å². The minimum Gasteiger partial charge on any atom is -0.399 e. The van der Waals surface area contributed by atoms with Gasteiger partial charge in [-0.15, -0.1) is 0 Å². The Labute approximate surface area is 118 Å². The lowest BCUT2D eigenvalue weighted by Gasteiger charge is -2.08. The lowest BCUT2D eigenvalue weighted by Crippen LogP contribution is -2.35. The van der Waals surface area contributed by atoms with E-state index in [4.69, 9.17) is 5.73 Å². The topological polar surface area (TPSA) is 72.9 Å². The summed E-state index contributed by atoms with van der Waals surface area (Å²) < 4.78 is 37.2. The van der Waals surface area contributed by atoms with Gasteiger partial charge in [-0.25, -0.2) is 0 Å². The molecular weight excluding hydrogens is 285 g/mol. The SMILES string of the molecule is Nc1ccc(-c2cnn(CC(=O)NCC(F)(F)F)c2)cc1. The number of hydrogen-bond donors (Lipinski definition) is 2. The Hall–Kier alpha value is -2.51. The molecule has 0 radical (unpaired) electrons. The number of halogens is 3. The molecule has 0 saturated carbocycles. The number of nitrogens with zero attached hydrogens (tertiary/aromatic N) is 2. The van der Waals surface area contributed by atoms with Gasteiger partial charge in [0.25, 0.3) is 0 Å². The van der Waals surface area contributed by atoms with Crippen LogP contribution in [0, 0.1) is 0 Å². The predicted molar refractivity (Wildman–Crippen MR) is 71.1 cm³/mol. The lowest BCUT2D eigenvalue weighted by molar-refractivity contribution is -0.138. The molecule has 1 aromatic heterocycles. The van der Waals surface area contributed by atoms with Crippen LogP contribution in [-0.2, 0) is 11.3 Å². The van der Waals surface area contributed by atoms with Gasteiger partial charge in [0.15, 0.2) is 0 Å². The van der Waals surface area contributed by atoms with Crippen molar-refractivity contribution in [3.63, 3.8) is 0 Å². The molecule has 0 unspecified atom stereocenters. The van der Waals surface area contributed by atoms with Crippen molar-refractivity contribution in [3.05, 3.63) is 36.7 Å². The summed E-state index contributed by atoms with van der Waals surface area (Å²) in [4.78, 5) is 11.4. The maximum atomic E-state index is 12.0. The minimum atomic E-state index is -4.42. The number of aromatic nitrogens is 2. The molecule has 2 aromatic rings. The van der Waals surface area contributed by atoms with Crippen molar-refractivity contribution < 1.29 is 18.0 Å². The van der Waals surface area contributed by atoms with E-state index in [1.165, 1.54) is 10.9 Å². The van der Waals surface area contributed by atoms with Crippen LogP contribution in [0.15, 0.2) is 36.7 Å². The van der Waals surface area contributed by atoms with E-state index < -0.39 is 18.6 Å². The molecule has 1 amide bonds. The van der Waals surface area contributed by atoms with Gasteiger partial charge in [0.05, 0.1) is 6.20 Å². The van der Waals surface area contributed by atoms with Crippen LogP contribution in [0.3, 0.4) is 0 Å². The summed E-state index contributed by atoms with van der Waals surface area (Å²) in [7, 11) is 0. The number of carbonyl (C=O) groups excluding carboxylic acids is 1. The third kappa shape index (κ3) is 4.51. The van der Waals surface area contributed by atoms with E-state index >= 15 is 0 Å². The fourth-order valence-electron chi connectivity index (χ4n) is 1.68. The molecule has 3 N–H and O–H groups in total. The summed E-state index contributed by atoms with van der Waals surface area (Å²) in [6.07, 6.45) is -1.31. The number of benzene rings is 1. The van der Waals surface area contributed by atoms with Crippen molar-refractivity contribution in [1.29, 1.82) is 0 Å². The zero-order chi connectivity index (χ0) is 15.5. The molecule has 0 aliphatic carbocycles. The fourth-order valence-corrected chi connectivity index (χ4v) is 1.68. The Balaban J connectivity index is 1.97. The van der Waals surface area contributed by atoms with Crippen molar-refractivity contribution in [2.45, 2.75) is 12.7 Å². The smallest absolute Gasteiger partial charge is 0.399 e. The van der Waals surface area contributed by atoms with Crippen molar-refractivity contribution in [1.82, 2.24) is 15.1 Å². The molecule has 8 heteroatoms. The average Bonchev–Trinajstić information content (AvgIpc) is 2.85. The van der Waals surface area contributed by atoms with E-state index in [1.54, 1.807) is 35.8 Å². The Morgan fingerprint density at radius 3 is 2.52 bits per heavy atom. The van der Waals surface area contributed by atoms with Gasteiger partial charge < -0.3 is 11.1 Å². The van der Waals surface area contributed by atoms with Gasteiger partial charge >= 0.3 is 6.18 Å². The van der Waals surface area contributed by atoms with Gasteiger partial charge in [0, 0.05) is 17.4 Å². The van der Waals surface area contributed by atoms with E-state index in [-0.39, 0.29) is 6.54 Å². The van der Waals surface area contributed by atoms with Crippen LogP contribution in [0.1, 0.15) is 0 Å². The molecule has 0 spiro atoms. The summed E-state index contributed by atoms with van der Waals surface area (Å²) in [5.74, 6) is -0.751. The van der Waals surface area contributed by atoms with Crippen molar-refractivity contribution in [3.8, 4) is 11.1 Å². The first-order chi connectivity index (χ1) is 9.83. The summed E-state index contributed by atoms with van der Waals surface area (Å²) in [5, 5.41) is 5.73. The first kappa shape index (κ1) is 14.9. The van der Waals surface area contributed by atoms with Crippen LogP contribution in [-0.4, -0.2) is 28.4 Å².